The number of rotatable bonds is 10. The molecule has 84 valence electrons. The van der Waals surface area contributed by atoms with Crippen LogP contribution in [0.1, 0.15) is 44.9 Å². The molecule has 0 aromatic carbocycles. The molecule has 0 fully saturated rings. The standard InChI is InChI=1S/C15H24/c1-5-14(3)12-10-8-7-9-11-13-15(4)6-2/h5-6H,1-4,7-13H2. The maximum absolute atomic E-state index is 3.90. The topological polar surface area (TPSA) is 0 Å². The van der Waals surface area contributed by atoms with Gasteiger partial charge in [-0.1, -0.05) is 68.9 Å². The summed E-state index contributed by atoms with van der Waals surface area (Å²) in [4.78, 5) is 0. The van der Waals surface area contributed by atoms with Crippen molar-refractivity contribution in [2.45, 2.75) is 44.9 Å². The second kappa shape index (κ2) is 9.51. The summed E-state index contributed by atoms with van der Waals surface area (Å²) in [6, 6.07) is 0. The van der Waals surface area contributed by atoms with Gasteiger partial charge in [0, 0.05) is 0 Å². The molecular weight excluding hydrogens is 180 g/mol. The molecule has 0 N–H and O–H groups in total. The Balaban J connectivity index is 3.18. The average Bonchev–Trinajstić information content (AvgIpc) is 2.26. The van der Waals surface area contributed by atoms with Gasteiger partial charge in [0.05, 0.1) is 0 Å². The van der Waals surface area contributed by atoms with Gasteiger partial charge in [0.2, 0.25) is 0 Å². The molecule has 0 aliphatic heterocycles. The Morgan fingerprint density at radius 3 is 1.33 bits per heavy atom. The van der Waals surface area contributed by atoms with Gasteiger partial charge in [0.1, 0.15) is 0 Å². The third-order valence-corrected chi connectivity index (χ3v) is 2.57. The van der Waals surface area contributed by atoms with Crippen molar-refractivity contribution in [1.29, 1.82) is 0 Å². The molecule has 0 saturated carbocycles. The molecule has 0 heterocycles. The van der Waals surface area contributed by atoms with Crippen LogP contribution in [0.5, 0.6) is 0 Å². The minimum atomic E-state index is 1.10. The van der Waals surface area contributed by atoms with E-state index in [-0.39, 0.29) is 0 Å². The van der Waals surface area contributed by atoms with E-state index in [1.807, 2.05) is 12.2 Å². The maximum Gasteiger partial charge on any atom is -0.0285 e. The molecule has 0 aliphatic carbocycles. The minimum Gasteiger partial charge on any atom is -0.0988 e. The molecule has 0 saturated heterocycles. The molecule has 0 atom stereocenters. The van der Waals surface area contributed by atoms with Crippen molar-refractivity contribution in [2.24, 2.45) is 0 Å². The van der Waals surface area contributed by atoms with Crippen LogP contribution in [0.4, 0.5) is 0 Å². The second-order valence-corrected chi connectivity index (χ2v) is 3.99. The smallest absolute Gasteiger partial charge is 0.0285 e. The van der Waals surface area contributed by atoms with Crippen LogP contribution in [-0.2, 0) is 0 Å². The summed E-state index contributed by atoms with van der Waals surface area (Å²) < 4.78 is 0. The van der Waals surface area contributed by atoms with Gasteiger partial charge in [-0.2, -0.15) is 0 Å². The molecule has 0 aliphatic rings. The Bertz CT molecular complexity index is 196. The Labute approximate surface area is 95.1 Å². The predicted molar refractivity (Wildman–Crippen MR) is 71.0 cm³/mol. The number of hydrogen-bond acceptors (Lipinski definition) is 0. The van der Waals surface area contributed by atoms with E-state index in [0.29, 0.717) is 0 Å². The monoisotopic (exact) mass is 204 g/mol. The van der Waals surface area contributed by atoms with E-state index < -0.39 is 0 Å². The lowest BCUT2D eigenvalue weighted by atomic mass is 10.0. The van der Waals surface area contributed by atoms with Gasteiger partial charge >= 0.3 is 0 Å². The summed E-state index contributed by atoms with van der Waals surface area (Å²) in [5, 5.41) is 0. The molecule has 0 amide bonds. The van der Waals surface area contributed by atoms with E-state index >= 15 is 0 Å². The third kappa shape index (κ3) is 9.27. The van der Waals surface area contributed by atoms with Crippen molar-refractivity contribution in [3.63, 3.8) is 0 Å². The molecular formula is C15H24. The first-order valence-corrected chi connectivity index (χ1v) is 5.81. The first kappa shape index (κ1) is 14.0. The lowest BCUT2D eigenvalue weighted by Crippen LogP contribution is -1.82. The highest BCUT2D eigenvalue weighted by Gasteiger charge is 1.93. The summed E-state index contributed by atoms with van der Waals surface area (Å²) in [6.07, 6.45) is 12.3. The zero-order valence-corrected chi connectivity index (χ0v) is 9.93. The van der Waals surface area contributed by atoms with Crippen LogP contribution < -0.4 is 0 Å². The predicted octanol–water partition coefficient (Wildman–Crippen LogP) is 5.20. The van der Waals surface area contributed by atoms with E-state index in [9.17, 15) is 0 Å². The summed E-state index contributed by atoms with van der Waals surface area (Å²) in [7, 11) is 0. The molecule has 15 heavy (non-hydrogen) atoms. The Kier molecular flexibility index (Phi) is 8.85. The second-order valence-electron chi connectivity index (χ2n) is 3.99. The van der Waals surface area contributed by atoms with Crippen molar-refractivity contribution in [2.75, 3.05) is 0 Å². The van der Waals surface area contributed by atoms with Crippen molar-refractivity contribution >= 4 is 0 Å². The molecule has 0 rings (SSSR count). The summed E-state index contributed by atoms with van der Waals surface area (Å²) in [5.41, 5.74) is 2.32. The number of hydrogen-bond donors (Lipinski definition) is 0. The molecule has 0 aromatic heterocycles. The summed E-state index contributed by atoms with van der Waals surface area (Å²) in [5.74, 6) is 0. The van der Waals surface area contributed by atoms with Gasteiger partial charge in [-0.05, 0) is 25.7 Å². The molecule has 0 bridgehead atoms. The van der Waals surface area contributed by atoms with Crippen LogP contribution in [0.15, 0.2) is 49.6 Å². The fraction of sp³-hybridized carbons (Fsp3) is 0.467. The van der Waals surface area contributed by atoms with Crippen LogP contribution in [-0.4, -0.2) is 0 Å². The molecule has 0 nitrogen and oxygen atoms in total. The van der Waals surface area contributed by atoms with Crippen molar-refractivity contribution in [3.05, 3.63) is 49.6 Å². The van der Waals surface area contributed by atoms with Crippen LogP contribution in [0.2, 0.25) is 0 Å². The maximum atomic E-state index is 3.90. The van der Waals surface area contributed by atoms with Gasteiger partial charge in [-0.3, -0.25) is 0 Å². The number of unbranched alkanes of at least 4 members (excludes halogenated alkanes) is 4. The Hall–Kier alpha value is -1.04. The van der Waals surface area contributed by atoms with E-state index in [2.05, 4.69) is 26.3 Å². The zero-order valence-electron chi connectivity index (χ0n) is 9.93. The average molecular weight is 204 g/mol. The zero-order chi connectivity index (χ0) is 11.5. The molecule has 0 radical (unpaired) electrons. The highest BCUT2D eigenvalue weighted by atomic mass is 14.0. The van der Waals surface area contributed by atoms with Crippen molar-refractivity contribution < 1.29 is 0 Å². The first-order chi connectivity index (χ1) is 7.20. The van der Waals surface area contributed by atoms with E-state index in [4.69, 9.17) is 0 Å². The highest BCUT2D eigenvalue weighted by molar-refractivity contribution is 5.10. The van der Waals surface area contributed by atoms with Gasteiger partial charge < -0.3 is 0 Å². The van der Waals surface area contributed by atoms with Gasteiger partial charge in [0.25, 0.3) is 0 Å². The fourth-order valence-corrected chi connectivity index (χ4v) is 1.44. The largest absolute Gasteiger partial charge is 0.0988 e. The normalized spacial score (nSPS) is 9.60. The Morgan fingerprint density at radius 2 is 1.00 bits per heavy atom. The van der Waals surface area contributed by atoms with Gasteiger partial charge in [-0.15, -0.1) is 0 Å². The van der Waals surface area contributed by atoms with E-state index in [0.717, 1.165) is 24.0 Å². The minimum absolute atomic E-state index is 1.10. The third-order valence-electron chi connectivity index (χ3n) is 2.57. The summed E-state index contributed by atoms with van der Waals surface area (Å²) >= 11 is 0. The van der Waals surface area contributed by atoms with Crippen LogP contribution in [0.25, 0.3) is 0 Å². The SMILES string of the molecule is C=CC(=C)CCCCCCCC(=C)C=C. The van der Waals surface area contributed by atoms with Crippen molar-refractivity contribution in [1.82, 2.24) is 0 Å². The van der Waals surface area contributed by atoms with Gasteiger partial charge in [0.15, 0.2) is 0 Å². The Morgan fingerprint density at radius 1 is 0.667 bits per heavy atom. The van der Waals surface area contributed by atoms with E-state index in [1.54, 1.807) is 0 Å². The first-order valence-electron chi connectivity index (χ1n) is 5.81. The molecule has 0 heteroatoms. The van der Waals surface area contributed by atoms with E-state index in [1.165, 1.54) is 32.1 Å². The summed E-state index contributed by atoms with van der Waals surface area (Å²) in [6.45, 7) is 15.2. The van der Waals surface area contributed by atoms with Crippen LogP contribution >= 0.6 is 0 Å². The molecule has 0 spiro atoms. The lowest BCUT2D eigenvalue weighted by molar-refractivity contribution is 0.615. The highest BCUT2D eigenvalue weighted by Crippen LogP contribution is 2.13. The fourth-order valence-electron chi connectivity index (χ4n) is 1.44. The van der Waals surface area contributed by atoms with Crippen LogP contribution in [0, 0.1) is 0 Å². The molecule has 0 aromatic rings. The van der Waals surface area contributed by atoms with Crippen molar-refractivity contribution in [3.8, 4) is 0 Å². The van der Waals surface area contributed by atoms with Gasteiger partial charge in [-0.25, -0.2) is 0 Å². The van der Waals surface area contributed by atoms with Crippen LogP contribution in [0.3, 0.4) is 0 Å². The quantitative estimate of drug-likeness (QED) is 0.339. The lowest BCUT2D eigenvalue weighted by Gasteiger charge is -2.02. The number of allylic oxidation sites excluding steroid dienone is 4. The molecule has 0 unspecified atom stereocenters.